The third-order valence-electron chi connectivity index (χ3n) is 6.39. The van der Waals surface area contributed by atoms with E-state index in [4.69, 9.17) is 19.2 Å². The maximum absolute atomic E-state index is 14.1. The molecule has 0 N–H and O–H groups in total. The van der Waals surface area contributed by atoms with E-state index in [0.29, 0.717) is 38.5 Å². The number of rotatable bonds is 8. The molecule has 10 heteroatoms. The van der Waals surface area contributed by atoms with Crippen molar-refractivity contribution in [1.82, 2.24) is 4.57 Å². The lowest BCUT2D eigenvalue weighted by Gasteiger charge is -2.26. The molecule has 0 spiro atoms. The van der Waals surface area contributed by atoms with Gasteiger partial charge < -0.3 is 14.2 Å². The van der Waals surface area contributed by atoms with E-state index in [2.05, 4.69) is 45.2 Å². The van der Waals surface area contributed by atoms with Gasteiger partial charge in [0.2, 0.25) is 0 Å². The second kappa shape index (κ2) is 12.9. The van der Waals surface area contributed by atoms with Crippen LogP contribution >= 0.6 is 56.5 Å². The maximum Gasteiger partial charge on any atom is 0.338 e. The molecule has 5 rings (SSSR count). The first kappa shape index (κ1) is 29.5. The van der Waals surface area contributed by atoms with E-state index in [0.717, 1.165) is 24.0 Å². The molecular formula is C31H26I2N2O5S. The molecule has 1 atom stereocenters. The molecule has 1 aliphatic rings. The Labute approximate surface area is 268 Å². The minimum absolute atomic E-state index is 0.189. The van der Waals surface area contributed by atoms with Crippen LogP contribution in [0.3, 0.4) is 0 Å². The number of hydrogen-bond donors (Lipinski definition) is 0. The van der Waals surface area contributed by atoms with Gasteiger partial charge in [0.1, 0.15) is 11.5 Å². The number of carbonyl (C=O) groups is 1. The van der Waals surface area contributed by atoms with Crippen LogP contribution in [0.5, 0.6) is 11.5 Å². The summed E-state index contributed by atoms with van der Waals surface area (Å²) < 4.78 is 20.8. The molecule has 0 unspecified atom stereocenters. The molecule has 0 amide bonds. The molecule has 210 valence electrons. The molecule has 1 aliphatic heterocycles. The van der Waals surface area contributed by atoms with Crippen LogP contribution in [0.25, 0.3) is 11.8 Å². The van der Waals surface area contributed by atoms with Crippen molar-refractivity contribution in [3.05, 3.63) is 116 Å². The Hall–Kier alpha value is -2.97. The minimum atomic E-state index is -0.765. The van der Waals surface area contributed by atoms with Crippen molar-refractivity contribution in [2.75, 3.05) is 20.3 Å². The van der Waals surface area contributed by atoms with Gasteiger partial charge >= 0.3 is 5.97 Å². The van der Waals surface area contributed by atoms with Crippen LogP contribution in [-0.2, 0) is 9.53 Å². The largest absolute Gasteiger partial charge is 0.497 e. The fourth-order valence-electron chi connectivity index (χ4n) is 4.66. The first-order valence-corrected chi connectivity index (χ1v) is 15.9. The second-order valence-electron chi connectivity index (χ2n) is 8.95. The zero-order valence-electron chi connectivity index (χ0n) is 22.5. The molecule has 0 bridgehead atoms. The summed E-state index contributed by atoms with van der Waals surface area (Å²) >= 11 is 5.79. The Morgan fingerprint density at radius 3 is 2.41 bits per heavy atom. The number of benzene rings is 3. The summed E-state index contributed by atoms with van der Waals surface area (Å²) in [6.45, 7) is 4.47. The Bertz CT molecular complexity index is 1810. The van der Waals surface area contributed by atoms with Crippen LogP contribution in [0.2, 0.25) is 0 Å². The van der Waals surface area contributed by atoms with E-state index in [1.54, 1.807) is 18.6 Å². The van der Waals surface area contributed by atoms with Crippen LogP contribution in [0.15, 0.2) is 82.1 Å². The average Bonchev–Trinajstić information content (AvgIpc) is 3.28. The van der Waals surface area contributed by atoms with Crippen LogP contribution in [0.1, 0.15) is 36.6 Å². The summed E-state index contributed by atoms with van der Waals surface area (Å²) in [6, 6.07) is 20.1. The SMILES string of the molecule is CCOC(=O)C1=C(c2ccccc2)N=c2s/c(=C\c3cc(I)c(OCC)c(I)c3)c(=O)n2[C@H]1c1cccc(OC)c1. The van der Waals surface area contributed by atoms with Gasteiger partial charge in [-0.05, 0) is 100 Å². The lowest BCUT2D eigenvalue weighted by Crippen LogP contribution is -2.40. The lowest BCUT2D eigenvalue weighted by atomic mass is 9.93. The minimum Gasteiger partial charge on any atom is -0.497 e. The number of methoxy groups -OCH3 is 1. The number of esters is 1. The lowest BCUT2D eigenvalue weighted by molar-refractivity contribution is -0.138. The number of nitrogens with zero attached hydrogens (tertiary/aromatic N) is 2. The molecular weight excluding hydrogens is 766 g/mol. The van der Waals surface area contributed by atoms with Gasteiger partial charge in [-0.15, -0.1) is 0 Å². The zero-order valence-corrected chi connectivity index (χ0v) is 27.7. The predicted molar refractivity (Wildman–Crippen MR) is 177 cm³/mol. The van der Waals surface area contributed by atoms with E-state index in [9.17, 15) is 9.59 Å². The Balaban J connectivity index is 1.80. The topological polar surface area (TPSA) is 79.1 Å². The van der Waals surface area contributed by atoms with Gasteiger partial charge in [0.25, 0.3) is 5.56 Å². The number of halogens is 2. The summed E-state index contributed by atoms with van der Waals surface area (Å²) in [7, 11) is 1.58. The van der Waals surface area contributed by atoms with Gasteiger partial charge in [0.15, 0.2) is 4.80 Å². The fourth-order valence-corrected chi connectivity index (χ4v) is 7.79. The van der Waals surface area contributed by atoms with Gasteiger partial charge in [0.05, 0.1) is 49.3 Å². The van der Waals surface area contributed by atoms with E-state index in [1.165, 1.54) is 11.3 Å². The molecule has 1 aromatic heterocycles. The molecule has 0 saturated carbocycles. The summed E-state index contributed by atoms with van der Waals surface area (Å²) in [5, 5.41) is 0. The van der Waals surface area contributed by atoms with Crippen LogP contribution in [0.4, 0.5) is 0 Å². The Kier molecular flexibility index (Phi) is 9.29. The first-order chi connectivity index (χ1) is 19.9. The van der Waals surface area contributed by atoms with Crippen molar-refractivity contribution in [2.45, 2.75) is 19.9 Å². The van der Waals surface area contributed by atoms with Crippen molar-refractivity contribution in [2.24, 2.45) is 4.99 Å². The number of carbonyl (C=O) groups excluding carboxylic acids is 1. The standard InChI is InChI=1S/C31H26I2N2O5S/c1-4-39-28-22(32)14-18(15-23(28)33)16-24-29(36)35-27(20-12-9-13-21(17-20)38-3)25(30(37)40-5-2)26(34-31(35)41-24)19-10-7-6-8-11-19/h6-17,27H,4-5H2,1-3H3/b24-16-/t27-/m0/s1. The average molecular weight is 792 g/mol. The van der Waals surface area contributed by atoms with Crippen molar-refractivity contribution in [3.8, 4) is 11.5 Å². The normalized spacial score (nSPS) is 14.9. The second-order valence-corrected chi connectivity index (χ2v) is 12.3. The molecule has 0 saturated heterocycles. The van der Waals surface area contributed by atoms with Crippen LogP contribution in [0, 0.1) is 7.14 Å². The van der Waals surface area contributed by atoms with E-state index in [-0.39, 0.29) is 12.2 Å². The number of fused-ring (bicyclic) bond motifs is 1. The monoisotopic (exact) mass is 792 g/mol. The quantitative estimate of drug-likeness (QED) is 0.173. The van der Waals surface area contributed by atoms with Gasteiger partial charge in [-0.25, -0.2) is 9.79 Å². The Morgan fingerprint density at radius 1 is 1.02 bits per heavy atom. The third-order valence-corrected chi connectivity index (χ3v) is 8.98. The highest BCUT2D eigenvalue weighted by molar-refractivity contribution is 14.1. The van der Waals surface area contributed by atoms with Gasteiger partial charge in [-0.3, -0.25) is 9.36 Å². The summed E-state index contributed by atoms with van der Waals surface area (Å²) in [5.74, 6) is 0.925. The smallest absolute Gasteiger partial charge is 0.338 e. The first-order valence-electron chi connectivity index (χ1n) is 12.9. The predicted octanol–water partition coefficient (Wildman–Crippen LogP) is 5.55. The molecule has 0 radical (unpaired) electrons. The summed E-state index contributed by atoms with van der Waals surface area (Å²) in [6.07, 6.45) is 1.86. The zero-order chi connectivity index (χ0) is 29.1. The fraction of sp³-hybridized carbons (Fsp3) is 0.194. The molecule has 41 heavy (non-hydrogen) atoms. The van der Waals surface area contributed by atoms with Crippen molar-refractivity contribution in [3.63, 3.8) is 0 Å². The number of aromatic nitrogens is 1. The highest BCUT2D eigenvalue weighted by atomic mass is 127. The molecule has 0 fully saturated rings. The number of ether oxygens (including phenoxy) is 3. The summed E-state index contributed by atoms with van der Waals surface area (Å²) in [5.41, 5.74) is 2.89. The van der Waals surface area contributed by atoms with E-state index >= 15 is 0 Å². The van der Waals surface area contributed by atoms with Crippen molar-refractivity contribution >= 4 is 74.3 Å². The highest BCUT2D eigenvalue weighted by Gasteiger charge is 2.35. The van der Waals surface area contributed by atoms with Crippen LogP contribution < -0.4 is 24.4 Å². The van der Waals surface area contributed by atoms with Gasteiger partial charge in [-0.1, -0.05) is 53.8 Å². The van der Waals surface area contributed by atoms with E-state index < -0.39 is 12.0 Å². The van der Waals surface area contributed by atoms with Crippen molar-refractivity contribution < 1.29 is 19.0 Å². The van der Waals surface area contributed by atoms with Gasteiger partial charge in [0, 0.05) is 5.56 Å². The van der Waals surface area contributed by atoms with Crippen molar-refractivity contribution in [1.29, 1.82) is 0 Å². The van der Waals surface area contributed by atoms with Gasteiger partial charge in [-0.2, -0.15) is 0 Å². The molecule has 2 heterocycles. The van der Waals surface area contributed by atoms with E-state index in [1.807, 2.05) is 79.7 Å². The molecule has 3 aromatic carbocycles. The number of thiazole rings is 1. The number of hydrogen-bond acceptors (Lipinski definition) is 7. The molecule has 4 aromatic rings. The Morgan fingerprint density at radius 2 is 1.76 bits per heavy atom. The molecule has 7 nitrogen and oxygen atoms in total. The molecule has 0 aliphatic carbocycles. The summed E-state index contributed by atoms with van der Waals surface area (Å²) in [4.78, 5) is 33.1. The maximum atomic E-state index is 14.1. The third kappa shape index (κ3) is 6.00. The highest BCUT2D eigenvalue weighted by Crippen LogP contribution is 2.36. The van der Waals surface area contributed by atoms with Crippen LogP contribution in [-0.4, -0.2) is 30.9 Å².